The second-order valence-electron chi connectivity index (χ2n) is 4.83. The predicted molar refractivity (Wildman–Crippen MR) is 63.6 cm³/mol. The van der Waals surface area contributed by atoms with Gasteiger partial charge in [0.2, 0.25) is 0 Å². The molecular formula is C15H18. The van der Waals surface area contributed by atoms with Gasteiger partial charge < -0.3 is 0 Å². The molecule has 0 heteroatoms. The fraction of sp³-hybridized carbons (Fsp3) is 0.467. The third kappa shape index (κ3) is 1.95. The van der Waals surface area contributed by atoms with Crippen molar-refractivity contribution in [1.82, 2.24) is 0 Å². The van der Waals surface area contributed by atoms with Crippen LogP contribution in [0.5, 0.6) is 0 Å². The maximum Gasteiger partial charge on any atom is -0.0125 e. The van der Waals surface area contributed by atoms with Crippen molar-refractivity contribution >= 4 is 0 Å². The van der Waals surface area contributed by atoms with E-state index in [0.29, 0.717) is 0 Å². The Kier molecular flexibility index (Phi) is 2.52. The van der Waals surface area contributed by atoms with E-state index in [0.717, 1.165) is 11.8 Å². The molecule has 0 saturated heterocycles. The Morgan fingerprint density at radius 3 is 2.20 bits per heavy atom. The summed E-state index contributed by atoms with van der Waals surface area (Å²) in [5.41, 5.74) is 3.21. The van der Waals surface area contributed by atoms with Gasteiger partial charge in [-0.1, -0.05) is 37.1 Å². The van der Waals surface area contributed by atoms with Crippen molar-refractivity contribution in [3.8, 4) is 0 Å². The van der Waals surface area contributed by atoms with Gasteiger partial charge in [-0.3, -0.25) is 0 Å². The molecule has 0 amide bonds. The molecule has 1 aromatic carbocycles. The van der Waals surface area contributed by atoms with Gasteiger partial charge >= 0.3 is 0 Å². The number of hydrogen-bond acceptors (Lipinski definition) is 0. The van der Waals surface area contributed by atoms with Gasteiger partial charge in [-0.2, -0.15) is 0 Å². The molecule has 78 valence electrons. The highest BCUT2D eigenvalue weighted by Crippen LogP contribution is 2.44. The lowest BCUT2D eigenvalue weighted by atomic mass is 9.81. The lowest BCUT2D eigenvalue weighted by Crippen LogP contribution is -2.07. The summed E-state index contributed by atoms with van der Waals surface area (Å²) in [7, 11) is 0. The molecule has 3 rings (SSSR count). The van der Waals surface area contributed by atoms with E-state index in [1.165, 1.54) is 32.1 Å². The van der Waals surface area contributed by atoms with Crippen molar-refractivity contribution in [3.05, 3.63) is 48.2 Å². The molecule has 2 radical (unpaired) electrons. The van der Waals surface area contributed by atoms with E-state index in [1.54, 1.807) is 11.1 Å². The quantitative estimate of drug-likeness (QED) is 0.666. The lowest BCUT2D eigenvalue weighted by Gasteiger charge is -2.24. The van der Waals surface area contributed by atoms with E-state index in [4.69, 9.17) is 0 Å². The Labute approximate surface area is 92.7 Å². The average molecular weight is 198 g/mol. The average Bonchev–Trinajstić information content (AvgIpc) is 3.14. The number of benzene rings is 1. The van der Waals surface area contributed by atoms with Crippen LogP contribution < -0.4 is 0 Å². The standard InChI is InChI=1S/C15H18/c1-2-6-12(7-3-1)14-8-4-5-9-15(14)13-10-11-13/h4-6,8-10,12-13H,1-3,7,11H2. The Balaban J connectivity index is 1.88. The van der Waals surface area contributed by atoms with Crippen LogP contribution in [0.25, 0.3) is 0 Å². The molecule has 0 spiro atoms. The zero-order valence-corrected chi connectivity index (χ0v) is 9.15. The molecule has 0 aliphatic heterocycles. The minimum Gasteiger partial charge on any atom is -0.0620 e. The third-order valence-electron chi connectivity index (χ3n) is 3.69. The summed E-state index contributed by atoms with van der Waals surface area (Å²) >= 11 is 0. The SMILES string of the molecule is [CH]1CC1c1ccccc1C1[CH]CCCC1. The van der Waals surface area contributed by atoms with Crippen LogP contribution in [-0.4, -0.2) is 0 Å². The molecule has 0 N–H and O–H groups in total. The minimum atomic E-state index is 0.740. The molecule has 0 bridgehead atoms. The Morgan fingerprint density at radius 2 is 1.60 bits per heavy atom. The normalized spacial score (nSPS) is 22.9. The summed E-state index contributed by atoms with van der Waals surface area (Å²) in [6.07, 6.45) is 11.7. The van der Waals surface area contributed by atoms with Crippen molar-refractivity contribution in [3.63, 3.8) is 0 Å². The molecule has 15 heavy (non-hydrogen) atoms. The van der Waals surface area contributed by atoms with Gasteiger partial charge in [0.25, 0.3) is 0 Å². The van der Waals surface area contributed by atoms with Crippen molar-refractivity contribution in [2.24, 2.45) is 0 Å². The first kappa shape index (κ1) is 9.45. The first-order chi connectivity index (χ1) is 7.45. The fourth-order valence-corrected chi connectivity index (χ4v) is 2.74. The zero-order valence-electron chi connectivity index (χ0n) is 9.15. The highest BCUT2D eigenvalue weighted by molar-refractivity contribution is 5.40. The van der Waals surface area contributed by atoms with Crippen molar-refractivity contribution in [1.29, 1.82) is 0 Å². The van der Waals surface area contributed by atoms with Gasteiger partial charge in [0.1, 0.15) is 0 Å². The molecule has 0 aromatic heterocycles. The van der Waals surface area contributed by atoms with E-state index in [-0.39, 0.29) is 0 Å². The lowest BCUT2D eigenvalue weighted by molar-refractivity contribution is 0.531. The molecule has 2 aliphatic carbocycles. The monoisotopic (exact) mass is 198 g/mol. The van der Waals surface area contributed by atoms with Crippen LogP contribution >= 0.6 is 0 Å². The second-order valence-corrected chi connectivity index (χ2v) is 4.83. The van der Waals surface area contributed by atoms with Crippen LogP contribution in [0, 0.1) is 12.8 Å². The zero-order chi connectivity index (χ0) is 10.1. The van der Waals surface area contributed by atoms with E-state index in [9.17, 15) is 0 Å². The van der Waals surface area contributed by atoms with Crippen LogP contribution in [0.4, 0.5) is 0 Å². The van der Waals surface area contributed by atoms with E-state index in [2.05, 4.69) is 37.1 Å². The van der Waals surface area contributed by atoms with Gasteiger partial charge in [0, 0.05) is 0 Å². The summed E-state index contributed by atoms with van der Waals surface area (Å²) in [5.74, 6) is 1.51. The maximum atomic E-state index is 2.53. The molecule has 2 fully saturated rings. The highest BCUT2D eigenvalue weighted by Gasteiger charge is 2.28. The minimum absolute atomic E-state index is 0.740. The molecule has 2 saturated carbocycles. The van der Waals surface area contributed by atoms with Crippen molar-refractivity contribution in [2.45, 2.75) is 43.9 Å². The largest absolute Gasteiger partial charge is 0.0620 e. The van der Waals surface area contributed by atoms with E-state index < -0.39 is 0 Å². The molecular weight excluding hydrogens is 180 g/mol. The Hall–Kier alpha value is -0.780. The van der Waals surface area contributed by atoms with Crippen molar-refractivity contribution in [2.75, 3.05) is 0 Å². The number of rotatable bonds is 2. The maximum absolute atomic E-state index is 2.53. The molecule has 2 aliphatic rings. The summed E-state index contributed by atoms with van der Waals surface area (Å²) in [5, 5.41) is 0. The van der Waals surface area contributed by atoms with Crippen molar-refractivity contribution < 1.29 is 0 Å². The summed E-state index contributed by atoms with van der Waals surface area (Å²) in [6, 6.07) is 9.05. The Bertz CT molecular complexity index is 330. The smallest absolute Gasteiger partial charge is 0.0125 e. The molecule has 0 nitrogen and oxygen atoms in total. The van der Waals surface area contributed by atoms with Crippen LogP contribution in [0.3, 0.4) is 0 Å². The van der Waals surface area contributed by atoms with Gasteiger partial charge in [-0.25, -0.2) is 0 Å². The van der Waals surface area contributed by atoms with E-state index in [1.807, 2.05) is 0 Å². The molecule has 2 atom stereocenters. The topological polar surface area (TPSA) is 0 Å². The van der Waals surface area contributed by atoms with Gasteiger partial charge in [-0.15, -0.1) is 0 Å². The predicted octanol–water partition coefficient (Wildman–Crippen LogP) is 4.24. The van der Waals surface area contributed by atoms with Crippen LogP contribution in [0.15, 0.2) is 24.3 Å². The first-order valence-electron chi connectivity index (χ1n) is 6.20. The fourth-order valence-electron chi connectivity index (χ4n) is 2.74. The summed E-state index contributed by atoms with van der Waals surface area (Å²) in [4.78, 5) is 0. The molecule has 2 unspecified atom stereocenters. The Morgan fingerprint density at radius 1 is 0.867 bits per heavy atom. The van der Waals surface area contributed by atoms with Gasteiger partial charge in [0.05, 0.1) is 0 Å². The third-order valence-corrected chi connectivity index (χ3v) is 3.69. The molecule has 1 aromatic rings. The van der Waals surface area contributed by atoms with Gasteiger partial charge in [0.15, 0.2) is 0 Å². The second kappa shape index (κ2) is 4.00. The molecule has 0 heterocycles. The summed E-state index contributed by atoms with van der Waals surface area (Å²) < 4.78 is 0. The van der Waals surface area contributed by atoms with E-state index >= 15 is 0 Å². The van der Waals surface area contributed by atoms with Crippen LogP contribution in [0.1, 0.15) is 55.1 Å². The van der Waals surface area contributed by atoms with Crippen LogP contribution in [-0.2, 0) is 0 Å². The number of hydrogen-bond donors (Lipinski definition) is 0. The summed E-state index contributed by atoms with van der Waals surface area (Å²) in [6.45, 7) is 0. The van der Waals surface area contributed by atoms with Gasteiger partial charge in [-0.05, 0) is 55.1 Å². The first-order valence-corrected chi connectivity index (χ1v) is 6.20. The van der Waals surface area contributed by atoms with Crippen LogP contribution in [0.2, 0.25) is 0 Å². The highest BCUT2D eigenvalue weighted by atomic mass is 14.3.